The number of imide groups is 1. The Morgan fingerprint density at radius 3 is 2.40 bits per heavy atom. The van der Waals surface area contributed by atoms with Gasteiger partial charge >= 0.3 is 0 Å². The van der Waals surface area contributed by atoms with Gasteiger partial charge in [-0.15, -0.1) is 0 Å². The zero-order chi connectivity index (χ0) is 21.1. The Hall–Kier alpha value is -3.29. The summed E-state index contributed by atoms with van der Waals surface area (Å²) in [5.74, 6) is 0.761. The normalized spacial score (nSPS) is 15.6. The topological polar surface area (TPSA) is 95.5 Å². The van der Waals surface area contributed by atoms with Crippen LogP contribution in [0.1, 0.15) is 57.9 Å². The third-order valence-corrected chi connectivity index (χ3v) is 5.42. The molecule has 0 atom stereocenters. The first-order valence-corrected chi connectivity index (χ1v) is 10.3. The summed E-state index contributed by atoms with van der Waals surface area (Å²) in [4.78, 5) is 49.4. The summed E-state index contributed by atoms with van der Waals surface area (Å²) in [5.41, 5.74) is 1.73. The first-order chi connectivity index (χ1) is 14.5. The third kappa shape index (κ3) is 4.17. The third-order valence-electron chi connectivity index (χ3n) is 5.42. The summed E-state index contributed by atoms with van der Waals surface area (Å²) in [6.07, 6.45) is 2.97. The number of anilines is 1. The molecule has 0 saturated carbocycles. The molecule has 3 amide bonds. The van der Waals surface area contributed by atoms with E-state index in [-0.39, 0.29) is 37.2 Å². The molecule has 2 aromatic rings. The Morgan fingerprint density at radius 2 is 1.73 bits per heavy atom. The number of fused-ring (bicyclic) bond motifs is 1. The van der Waals surface area contributed by atoms with Crippen molar-refractivity contribution in [2.45, 2.75) is 39.2 Å². The van der Waals surface area contributed by atoms with Gasteiger partial charge in [-0.05, 0) is 38.3 Å². The van der Waals surface area contributed by atoms with E-state index in [1.165, 1.54) is 17.7 Å². The van der Waals surface area contributed by atoms with E-state index in [9.17, 15) is 14.4 Å². The number of nitrogens with zero attached hydrogens (tertiary/aromatic N) is 4. The van der Waals surface area contributed by atoms with Crippen molar-refractivity contribution in [3.05, 3.63) is 53.0 Å². The summed E-state index contributed by atoms with van der Waals surface area (Å²) in [5, 5.41) is 2.84. The van der Waals surface area contributed by atoms with Crippen LogP contribution in [0.25, 0.3) is 0 Å². The van der Waals surface area contributed by atoms with Crippen LogP contribution < -0.4 is 10.2 Å². The molecule has 3 heterocycles. The first-order valence-electron chi connectivity index (χ1n) is 10.3. The molecule has 2 aliphatic rings. The van der Waals surface area contributed by atoms with Gasteiger partial charge in [-0.25, -0.2) is 9.97 Å². The van der Waals surface area contributed by atoms with Crippen LogP contribution in [-0.2, 0) is 11.3 Å². The van der Waals surface area contributed by atoms with Gasteiger partial charge in [-0.2, -0.15) is 0 Å². The van der Waals surface area contributed by atoms with Crippen LogP contribution >= 0.6 is 0 Å². The predicted molar refractivity (Wildman–Crippen MR) is 111 cm³/mol. The van der Waals surface area contributed by atoms with Gasteiger partial charge in [0.1, 0.15) is 11.6 Å². The molecule has 1 N–H and O–H groups in total. The van der Waals surface area contributed by atoms with E-state index >= 15 is 0 Å². The Bertz CT molecular complexity index is 949. The van der Waals surface area contributed by atoms with Crippen molar-refractivity contribution in [3.8, 4) is 0 Å². The number of nitrogens with one attached hydrogen (secondary N) is 1. The van der Waals surface area contributed by atoms with Crippen LogP contribution in [0.4, 0.5) is 5.82 Å². The van der Waals surface area contributed by atoms with Crippen molar-refractivity contribution in [1.29, 1.82) is 0 Å². The second-order valence-corrected chi connectivity index (χ2v) is 7.67. The molecule has 1 aromatic heterocycles. The van der Waals surface area contributed by atoms with Crippen molar-refractivity contribution in [2.75, 3.05) is 24.5 Å². The van der Waals surface area contributed by atoms with E-state index in [0.29, 0.717) is 23.4 Å². The molecule has 30 heavy (non-hydrogen) atoms. The summed E-state index contributed by atoms with van der Waals surface area (Å²) in [6, 6.07) is 8.76. The van der Waals surface area contributed by atoms with Gasteiger partial charge in [0.15, 0.2) is 0 Å². The van der Waals surface area contributed by atoms with Crippen molar-refractivity contribution >= 4 is 23.5 Å². The van der Waals surface area contributed by atoms with Crippen LogP contribution in [0, 0.1) is 6.92 Å². The Labute approximate surface area is 175 Å². The highest BCUT2D eigenvalue weighted by molar-refractivity contribution is 6.21. The van der Waals surface area contributed by atoms with Crippen molar-refractivity contribution in [2.24, 2.45) is 0 Å². The summed E-state index contributed by atoms with van der Waals surface area (Å²) < 4.78 is 0. The number of hydrogen-bond donors (Lipinski definition) is 1. The lowest BCUT2D eigenvalue weighted by Crippen LogP contribution is -2.32. The SMILES string of the molecule is Cc1cc(N2CCCC2)nc(CNC(=O)CCCN2C(=O)c3ccccc3C2=O)n1. The van der Waals surface area contributed by atoms with Crippen molar-refractivity contribution in [3.63, 3.8) is 0 Å². The molecule has 0 spiro atoms. The number of rotatable bonds is 7. The zero-order valence-electron chi connectivity index (χ0n) is 17.1. The molecule has 2 aliphatic heterocycles. The maximum Gasteiger partial charge on any atom is 0.261 e. The number of carbonyl (C=O) groups excluding carboxylic acids is 3. The molecular weight excluding hydrogens is 382 g/mol. The highest BCUT2D eigenvalue weighted by atomic mass is 16.2. The van der Waals surface area contributed by atoms with E-state index < -0.39 is 0 Å². The Kier molecular flexibility index (Phi) is 5.74. The van der Waals surface area contributed by atoms with Crippen LogP contribution in [0.3, 0.4) is 0 Å². The van der Waals surface area contributed by atoms with E-state index in [2.05, 4.69) is 20.2 Å². The predicted octanol–water partition coefficient (Wildman–Crippen LogP) is 2.08. The van der Waals surface area contributed by atoms with E-state index in [1.54, 1.807) is 24.3 Å². The van der Waals surface area contributed by atoms with Crippen molar-refractivity contribution < 1.29 is 14.4 Å². The van der Waals surface area contributed by atoms with Gasteiger partial charge < -0.3 is 10.2 Å². The lowest BCUT2D eigenvalue weighted by atomic mass is 10.1. The second kappa shape index (κ2) is 8.61. The number of benzene rings is 1. The fourth-order valence-electron chi connectivity index (χ4n) is 3.91. The van der Waals surface area contributed by atoms with Crippen molar-refractivity contribution in [1.82, 2.24) is 20.2 Å². The molecule has 1 aromatic carbocycles. The smallest absolute Gasteiger partial charge is 0.261 e. The zero-order valence-corrected chi connectivity index (χ0v) is 17.1. The fraction of sp³-hybridized carbons (Fsp3) is 0.409. The fourth-order valence-corrected chi connectivity index (χ4v) is 3.91. The molecule has 8 nitrogen and oxygen atoms in total. The maximum atomic E-state index is 12.4. The molecule has 0 bridgehead atoms. The number of amides is 3. The van der Waals surface area contributed by atoms with Crippen LogP contribution in [0.5, 0.6) is 0 Å². The minimum Gasteiger partial charge on any atom is -0.357 e. The standard InChI is InChI=1S/C22H25N5O3/c1-15-13-19(26-10-4-5-11-26)25-18(24-15)14-23-20(28)9-6-12-27-21(29)16-7-2-3-8-17(16)22(27)30/h2-3,7-8,13H,4-6,9-12,14H2,1H3,(H,23,28). The number of aryl methyl sites for hydroxylation is 1. The van der Waals surface area contributed by atoms with E-state index in [4.69, 9.17) is 0 Å². The van der Waals surface area contributed by atoms with Gasteiger partial charge in [0, 0.05) is 37.8 Å². The molecular formula is C22H25N5O3. The maximum absolute atomic E-state index is 12.4. The second-order valence-electron chi connectivity index (χ2n) is 7.67. The number of hydrogen-bond acceptors (Lipinski definition) is 6. The Morgan fingerprint density at radius 1 is 1.07 bits per heavy atom. The summed E-state index contributed by atoms with van der Waals surface area (Å²) >= 11 is 0. The Balaban J connectivity index is 1.26. The van der Waals surface area contributed by atoms with Gasteiger partial charge in [-0.3, -0.25) is 19.3 Å². The molecule has 4 rings (SSSR count). The lowest BCUT2D eigenvalue weighted by molar-refractivity contribution is -0.121. The summed E-state index contributed by atoms with van der Waals surface area (Å²) in [7, 11) is 0. The van der Waals surface area contributed by atoms with Gasteiger partial charge in [0.05, 0.1) is 17.7 Å². The van der Waals surface area contributed by atoms with Crippen LogP contribution in [-0.4, -0.2) is 52.2 Å². The van der Waals surface area contributed by atoms with E-state index in [0.717, 1.165) is 24.6 Å². The molecule has 0 radical (unpaired) electrons. The lowest BCUT2D eigenvalue weighted by Gasteiger charge is -2.17. The van der Waals surface area contributed by atoms with Crippen LogP contribution in [0.15, 0.2) is 30.3 Å². The average molecular weight is 407 g/mol. The van der Waals surface area contributed by atoms with E-state index in [1.807, 2.05) is 13.0 Å². The molecule has 8 heteroatoms. The first kappa shape index (κ1) is 20.0. The minimum atomic E-state index is -0.293. The van der Waals surface area contributed by atoms with Crippen LogP contribution in [0.2, 0.25) is 0 Å². The monoisotopic (exact) mass is 407 g/mol. The molecule has 1 fully saturated rings. The molecule has 1 saturated heterocycles. The van der Waals surface area contributed by atoms with Gasteiger partial charge in [-0.1, -0.05) is 12.1 Å². The molecule has 156 valence electrons. The van der Waals surface area contributed by atoms with Gasteiger partial charge in [0.25, 0.3) is 11.8 Å². The minimum absolute atomic E-state index is 0.153. The number of aromatic nitrogens is 2. The average Bonchev–Trinajstić information content (AvgIpc) is 3.36. The number of carbonyl (C=O) groups is 3. The largest absolute Gasteiger partial charge is 0.357 e. The quantitative estimate of drug-likeness (QED) is 0.706. The highest BCUT2D eigenvalue weighted by Gasteiger charge is 2.34. The molecule has 0 unspecified atom stereocenters. The summed E-state index contributed by atoms with van der Waals surface area (Å²) in [6.45, 7) is 4.41. The highest BCUT2D eigenvalue weighted by Crippen LogP contribution is 2.22. The molecule has 0 aliphatic carbocycles. The van der Waals surface area contributed by atoms with Gasteiger partial charge in [0.2, 0.25) is 5.91 Å².